The molecule has 1 unspecified atom stereocenters. The summed E-state index contributed by atoms with van der Waals surface area (Å²) in [5, 5.41) is 9.68. The summed E-state index contributed by atoms with van der Waals surface area (Å²) in [7, 11) is -3.34. The number of benzene rings is 2. The van der Waals surface area contributed by atoms with Crippen molar-refractivity contribution in [2.24, 2.45) is 0 Å². The summed E-state index contributed by atoms with van der Waals surface area (Å²) in [6, 6.07) is 15.9. The fraction of sp³-hybridized carbons (Fsp3) is 0.190. The molecular formula is C21H20N2O5S. The van der Waals surface area contributed by atoms with E-state index in [1.54, 1.807) is 30.3 Å². The van der Waals surface area contributed by atoms with E-state index in [0.717, 1.165) is 36.0 Å². The first-order valence-electron chi connectivity index (χ1n) is 9.06. The lowest BCUT2D eigenvalue weighted by Gasteiger charge is -2.26. The van der Waals surface area contributed by atoms with Crippen LogP contribution in [0.2, 0.25) is 0 Å². The first kappa shape index (κ1) is 19.1. The number of aromatic nitrogens is 1. The average molecular weight is 412 g/mol. The zero-order valence-corrected chi connectivity index (χ0v) is 16.5. The Morgan fingerprint density at radius 1 is 1.17 bits per heavy atom. The number of aryl methyl sites for hydroxylation is 1. The maximum Gasteiger partial charge on any atom is 0.229 e. The van der Waals surface area contributed by atoms with Gasteiger partial charge in [0.2, 0.25) is 15.9 Å². The number of hydrogen-bond donors (Lipinski definition) is 2. The summed E-state index contributed by atoms with van der Waals surface area (Å²) in [5.41, 5.74) is 2.36. The third kappa shape index (κ3) is 4.78. The minimum Gasteiger partial charge on any atom is -0.508 e. The van der Waals surface area contributed by atoms with Gasteiger partial charge in [0, 0.05) is 6.07 Å². The van der Waals surface area contributed by atoms with E-state index in [1.165, 1.54) is 6.20 Å². The van der Waals surface area contributed by atoms with Gasteiger partial charge in [0.15, 0.2) is 0 Å². The van der Waals surface area contributed by atoms with Crippen molar-refractivity contribution in [1.82, 2.24) is 4.98 Å². The molecule has 4 rings (SSSR count). The maximum absolute atomic E-state index is 11.2. The quantitative estimate of drug-likeness (QED) is 0.657. The number of phenolic OH excluding ortho intramolecular Hbond substituents is 1. The molecule has 0 radical (unpaired) electrons. The third-order valence-electron chi connectivity index (χ3n) is 4.48. The molecule has 0 fully saturated rings. The molecule has 1 atom stereocenters. The molecule has 3 aromatic rings. The van der Waals surface area contributed by atoms with Gasteiger partial charge in [-0.3, -0.25) is 4.72 Å². The molecule has 29 heavy (non-hydrogen) atoms. The summed E-state index contributed by atoms with van der Waals surface area (Å²) in [4.78, 5) is 4.13. The van der Waals surface area contributed by atoms with Gasteiger partial charge in [-0.2, -0.15) is 0 Å². The van der Waals surface area contributed by atoms with E-state index >= 15 is 0 Å². The number of ether oxygens (including phenoxy) is 2. The number of phenols is 1. The summed E-state index contributed by atoms with van der Waals surface area (Å²) < 4.78 is 36.7. The molecule has 0 bridgehead atoms. The van der Waals surface area contributed by atoms with Crippen molar-refractivity contribution in [3.8, 4) is 23.1 Å². The molecule has 1 aromatic heterocycles. The van der Waals surface area contributed by atoms with Crippen LogP contribution in [0, 0.1) is 0 Å². The number of anilines is 1. The van der Waals surface area contributed by atoms with E-state index in [2.05, 4.69) is 9.71 Å². The Hall–Kier alpha value is -3.26. The number of nitrogens with zero attached hydrogens (tertiary/aromatic N) is 1. The Labute approximate surface area is 169 Å². The summed E-state index contributed by atoms with van der Waals surface area (Å²) in [5.74, 6) is 2.00. The van der Waals surface area contributed by atoms with Gasteiger partial charge in [0.05, 0.1) is 18.1 Å². The second-order valence-electron chi connectivity index (χ2n) is 6.87. The molecule has 1 aliphatic heterocycles. The van der Waals surface area contributed by atoms with Gasteiger partial charge in [-0.15, -0.1) is 0 Å². The van der Waals surface area contributed by atoms with Crippen molar-refractivity contribution in [3.05, 3.63) is 71.9 Å². The predicted molar refractivity (Wildman–Crippen MR) is 109 cm³/mol. The van der Waals surface area contributed by atoms with Crippen LogP contribution in [0.3, 0.4) is 0 Å². The van der Waals surface area contributed by atoms with Crippen LogP contribution in [0.1, 0.15) is 23.7 Å². The molecule has 150 valence electrons. The number of nitrogens with one attached hydrogen (secondary N) is 1. The summed E-state index contributed by atoms with van der Waals surface area (Å²) in [6.45, 7) is 0. The first-order valence-corrected chi connectivity index (χ1v) is 10.9. The normalized spacial score (nSPS) is 15.8. The van der Waals surface area contributed by atoms with Gasteiger partial charge >= 0.3 is 0 Å². The molecular weight excluding hydrogens is 392 g/mol. The SMILES string of the molecule is CS(=O)(=O)Nc1ccc(Oc2ccc3c(c2)CCC(c2cccc(O)c2)O3)nc1. The Balaban J connectivity index is 1.45. The number of pyridine rings is 1. The van der Waals surface area contributed by atoms with Crippen molar-refractivity contribution in [2.75, 3.05) is 11.0 Å². The fourth-order valence-electron chi connectivity index (χ4n) is 3.22. The smallest absolute Gasteiger partial charge is 0.229 e. The van der Waals surface area contributed by atoms with Gasteiger partial charge in [0.25, 0.3) is 0 Å². The van der Waals surface area contributed by atoms with Crippen molar-refractivity contribution >= 4 is 15.7 Å². The fourth-order valence-corrected chi connectivity index (χ4v) is 3.77. The number of rotatable bonds is 5. The van der Waals surface area contributed by atoms with Crippen molar-refractivity contribution in [1.29, 1.82) is 0 Å². The van der Waals surface area contributed by atoms with E-state index in [0.29, 0.717) is 17.3 Å². The van der Waals surface area contributed by atoms with Gasteiger partial charge in [0.1, 0.15) is 23.4 Å². The maximum atomic E-state index is 11.2. The van der Waals surface area contributed by atoms with Crippen LogP contribution >= 0.6 is 0 Å². The lowest BCUT2D eigenvalue weighted by atomic mass is 9.97. The predicted octanol–water partition coefficient (Wildman–Crippen LogP) is 4.02. The Morgan fingerprint density at radius 3 is 2.76 bits per heavy atom. The second kappa shape index (κ2) is 7.63. The van der Waals surface area contributed by atoms with E-state index in [9.17, 15) is 13.5 Å². The highest BCUT2D eigenvalue weighted by Gasteiger charge is 2.22. The molecule has 0 saturated heterocycles. The molecule has 0 spiro atoms. The van der Waals surface area contributed by atoms with Gasteiger partial charge in [-0.25, -0.2) is 13.4 Å². The number of aromatic hydroxyl groups is 1. The van der Waals surface area contributed by atoms with Crippen molar-refractivity contribution < 1.29 is 23.0 Å². The van der Waals surface area contributed by atoms with Crippen LogP contribution in [0.4, 0.5) is 5.69 Å². The van der Waals surface area contributed by atoms with Gasteiger partial charge in [-0.1, -0.05) is 12.1 Å². The second-order valence-corrected chi connectivity index (χ2v) is 8.62. The lowest BCUT2D eigenvalue weighted by molar-refractivity contribution is 0.176. The highest BCUT2D eigenvalue weighted by Crippen LogP contribution is 2.38. The van der Waals surface area contributed by atoms with Crippen LogP contribution < -0.4 is 14.2 Å². The Morgan fingerprint density at radius 2 is 2.03 bits per heavy atom. The van der Waals surface area contributed by atoms with E-state index in [1.807, 2.05) is 24.3 Å². The largest absolute Gasteiger partial charge is 0.508 e. The summed E-state index contributed by atoms with van der Waals surface area (Å²) >= 11 is 0. The van der Waals surface area contributed by atoms with Crippen molar-refractivity contribution in [3.63, 3.8) is 0 Å². The minimum atomic E-state index is -3.34. The molecule has 0 saturated carbocycles. The Kier molecular flexibility index (Phi) is 5.02. The molecule has 2 heterocycles. The Bertz CT molecular complexity index is 1130. The van der Waals surface area contributed by atoms with Crippen LogP contribution in [0.15, 0.2) is 60.8 Å². The standard InChI is InChI=1S/C21H20N2O5S/c1-29(25,26)23-16-6-10-21(22-13-16)27-18-7-9-20-15(12-18)5-8-19(28-20)14-3-2-4-17(24)11-14/h2-4,6-7,9-13,19,23-24H,5,8H2,1H3. The van der Waals surface area contributed by atoms with Crippen LogP contribution in [0.5, 0.6) is 23.1 Å². The molecule has 2 N–H and O–H groups in total. The highest BCUT2D eigenvalue weighted by molar-refractivity contribution is 7.92. The average Bonchev–Trinajstić information content (AvgIpc) is 2.68. The molecule has 0 aliphatic carbocycles. The van der Waals surface area contributed by atoms with Crippen molar-refractivity contribution in [2.45, 2.75) is 18.9 Å². The molecule has 2 aromatic carbocycles. The topological polar surface area (TPSA) is 97.8 Å². The molecule has 1 aliphatic rings. The third-order valence-corrected chi connectivity index (χ3v) is 5.09. The van der Waals surface area contributed by atoms with Crippen LogP contribution in [-0.4, -0.2) is 24.8 Å². The van der Waals surface area contributed by atoms with Crippen LogP contribution in [-0.2, 0) is 16.4 Å². The van der Waals surface area contributed by atoms with Crippen LogP contribution in [0.25, 0.3) is 0 Å². The van der Waals surface area contributed by atoms with E-state index < -0.39 is 10.0 Å². The molecule has 0 amide bonds. The zero-order valence-electron chi connectivity index (χ0n) is 15.7. The summed E-state index contributed by atoms with van der Waals surface area (Å²) in [6.07, 6.45) is 4.00. The number of sulfonamides is 1. The van der Waals surface area contributed by atoms with E-state index in [-0.39, 0.29) is 11.9 Å². The van der Waals surface area contributed by atoms with Gasteiger partial charge < -0.3 is 14.6 Å². The highest BCUT2D eigenvalue weighted by atomic mass is 32.2. The minimum absolute atomic E-state index is 0.0991. The van der Waals surface area contributed by atoms with E-state index in [4.69, 9.17) is 9.47 Å². The molecule has 8 heteroatoms. The van der Waals surface area contributed by atoms with Gasteiger partial charge in [-0.05, 0) is 60.4 Å². The number of hydrogen-bond acceptors (Lipinski definition) is 6. The zero-order chi connectivity index (χ0) is 20.4. The first-order chi connectivity index (χ1) is 13.9. The lowest BCUT2D eigenvalue weighted by Crippen LogP contribution is -2.15. The monoisotopic (exact) mass is 412 g/mol. The number of fused-ring (bicyclic) bond motifs is 1. The molecule has 7 nitrogen and oxygen atoms in total.